The summed E-state index contributed by atoms with van der Waals surface area (Å²) in [6.45, 7) is 5.35. The van der Waals surface area contributed by atoms with E-state index < -0.39 is 17.1 Å². The van der Waals surface area contributed by atoms with Gasteiger partial charge in [0.2, 0.25) is 23.7 Å². The van der Waals surface area contributed by atoms with Gasteiger partial charge in [0.05, 0.1) is 43.7 Å². The molecule has 2 fully saturated rings. The number of rotatable bonds is 17. The number of nitrogen functional groups attached to an aromatic ring is 1. The number of unbranched alkanes of at least 4 members (excludes halogenated alkanes) is 1. The van der Waals surface area contributed by atoms with Crippen LogP contribution in [0.25, 0.3) is 11.0 Å². The molecule has 1 aliphatic heterocycles. The normalized spacial score (nSPS) is 19.7. The molecule has 2 atom stereocenters. The first-order chi connectivity index (χ1) is 24.5. The topological polar surface area (TPSA) is 204 Å². The van der Waals surface area contributed by atoms with Crippen LogP contribution >= 0.6 is 11.8 Å². The third kappa shape index (κ3) is 9.01. The van der Waals surface area contributed by atoms with Crippen molar-refractivity contribution in [2.24, 2.45) is 17.8 Å². The number of likely N-dealkylation sites (tertiary alicyclic amines) is 1. The summed E-state index contributed by atoms with van der Waals surface area (Å²) in [7, 11) is 3.17. The Morgan fingerprint density at radius 2 is 1.90 bits per heavy atom. The molecule has 16 heteroatoms. The van der Waals surface area contributed by atoms with Gasteiger partial charge in [-0.05, 0) is 50.2 Å². The van der Waals surface area contributed by atoms with Gasteiger partial charge in [0.1, 0.15) is 17.0 Å². The number of nitrogens with one attached hydrogen (secondary N) is 2. The number of aliphatic carboxylic acids is 1. The Hall–Kier alpha value is -4.60. The van der Waals surface area contributed by atoms with E-state index in [4.69, 9.17) is 25.4 Å². The summed E-state index contributed by atoms with van der Waals surface area (Å²) < 4.78 is 13.3. The molecular formula is C35H48N8O7S. The van der Waals surface area contributed by atoms with Gasteiger partial charge in [-0.25, -0.2) is 4.98 Å². The van der Waals surface area contributed by atoms with Gasteiger partial charge in [-0.15, -0.1) is 11.8 Å². The van der Waals surface area contributed by atoms with E-state index in [1.54, 1.807) is 32.0 Å². The van der Waals surface area contributed by atoms with Gasteiger partial charge in [0.15, 0.2) is 11.3 Å². The van der Waals surface area contributed by atoms with Gasteiger partial charge < -0.3 is 30.9 Å². The summed E-state index contributed by atoms with van der Waals surface area (Å²) in [6, 6.07) is 3.72. The molecule has 0 bridgehead atoms. The predicted molar refractivity (Wildman–Crippen MR) is 193 cm³/mol. The molecule has 15 nitrogen and oxygen atoms in total. The van der Waals surface area contributed by atoms with Crippen molar-refractivity contribution in [2.75, 3.05) is 44.1 Å². The molecule has 51 heavy (non-hydrogen) atoms. The van der Waals surface area contributed by atoms with Crippen LogP contribution in [0.4, 0.5) is 11.8 Å². The molecule has 5 rings (SSSR count). The van der Waals surface area contributed by atoms with Crippen molar-refractivity contribution in [3.05, 3.63) is 29.5 Å². The monoisotopic (exact) mass is 724 g/mol. The second-order valence-electron chi connectivity index (χ2n) is 13.3. The molecule has 1 aliphatic carbocycles. The lowest BCUT2D eigenvalue weighted by atomic mass is 9.81. The van der Waals surface area contributed by atoms with Crippen molar-refractivity contribution < 1.29 is 33.8 Å². The fraction of sp³-hybridized carbons (Fsp3) is 0.571. The van der Waals surface area contributed by atoms with E-state index >= 15 is 0 Å². The molecule has 3 amide bonds. The molecular weight excluding hydrogens is 677 g/mol. The quantitative estimate of drug-likeness (QED) is 0.116. The second kappa shape index (κ2) is 17.1. The standard InChI is InChI=1S/C35H48N8O7S/c1-5-6-13-37-31-29-25(39-35(36)40-31)18-42(41-29)17-24-26(49-3)12-11-23(30(24)50-4)15-38-32(45)22-9-7-21(8-10-22)16-43-28(44)14-27(33(43)46)51-19-20(2)34(47)48/h11-12,18,20-22,27H,5-10,13-17,19H2,1-4H3,(H,38,45)(H,47,48)(H3,36,37,39,40)/t20-,21?,22?,27?/m0/s1. The largest absolute Gasteiger partial charge is 0.496 e. The predicted octanol–water partition coefficient (Wildman–Crippen LogP) is 3.69. The Morgan fingerprint density at radius 3 is 2.59 bits per heavy atom. The number of hydrogen-bond donors (Lipinski definition) is 4. The van der Waals surface area contributed by atoms with Gasteiger partial charge in [0, 0.05) is 43.3 Å². The number of carbonyl (C=O) groups excluding carboxylic acids is 3. The molecule has 2 aromatic heterocycles. The second-order valence-corrected chi connectivity index (χ2v) is 14.5. The molecule has 0 spiro atoms. The van der Waals surface area contributed by atoms with Crippen LogP contribution in [-0.2, 0) is 32.3 Å². The van der Waals surface area contributed by atoms with E-state index in [9.17, 15) is 19.2 Å². The molecule has 5 N–H and O–H groups in total. The Kier molecular flexibility index (Phi) is 12.6. The van der Waals surface area contributed by atoms with E-state index in [0.717, 1.165) is 43.4 Å². The smallest absolute Gasteiger partial charge is 0.307 e. The molecule has 3 aromatic rings. The third-order valence-electron chi connectivity index (χ3n) is 9.58. The molecule has 2 aliphatic rings. The minimum Gasteiger partial charge on any atom is -0.496 e. The first-order valence-corrected chi connectivity index (χ1v) is 18.5. The van der Waals surface area contributed by atoms with Crippen LogP contribution in [-0.4, -0.2) is 91.8 Å². The number of fused-ring (bicyclic) bond motifs is 1. The minimum atomic E-state index is -0.920. The number of nitrogens with two attached hydrogens (primary N) is 1. The molecule has 1 aromatic carbocycles. The summed E-state index contributed by atoms with van der Waals surface area (Å²) in [4.78, 5) is 60.1. The lowest BCUT2D eigenvalue weighted by molar-refractivity contribution is -0.141. The number of ether oxygens (including phenoxy) is 2. The maximum Gasteiger partial charge on any atom is 0.307 e. The van der Waals surface area contributed by atoms with Crippen LogP contribution in [0.5, 0.6) is 11.5 Å². The van der Waals surface area contributed by atoms with E-state index in [2.05, 4.69) is 27.5 Å². The van der Waals surface area contributed by atoms with Crippen molar-refractivity contribution in [1.29, 1.82) is 0 Å². The maximum atomic E-state index is 13.3. The number of amides is 3. The number of anilines is 2. The molecule has 1 saturated heterocycles. The molecule has 3 heterocycles. The SMILES string of the molecule is CCCCNc1nc(N)nc2cn(Cc3c(OC)ccc(CNC(=O)C4CCC(CN5C(=O)CC(SC[C@H](C)C(=O)O)C5=O)CC4)c3OC)nc12. The van der Waals surface area contributed by atoms with Gasteiger partial charge in [0.25, 0.3) is 0 Å². The van der Waals surface area contributed by atoms with Gasteiger partial charge >= 0.3 is 5.97 Å². The van der Waals surface area contributed by atoms with Crippen LogP contribution in [0.2, 0.25) is 0 Å². The van der Waals surface area contributed by atoms with Crippen LogP contribution < -0.4 is 25.8 Å². The Morgan fingerprint density at radius 1 is 1.14 bits per heavy atom. The first kappa shape index (κ1) is 37.7. The number of benzene rings is 1. The number of imide groups is 1. The van der Waals surface area contributed by atoms with Crippen molar-refractivity contribution >= 4 is 58.3 Å². The van der Waals surface area contributed by atoms with E-state index in [1.165, 1.54) is 16.7 Å². The zero-order valence-electron chi connectivity index (χ0n) is 29.6. The lowest BCUT2D eigenvalue weighted by Crippen LogP contribution is -2.38. The van der Waals surface area contributed by atoms with Crippen LogP contribution in [0.15, 0.2) is 18.3 Å². The summed E-state index contributed by atoms with van der Waals surface area (Å²) in [5.74, 6) is 0.148. The Bertz CT molecular complexity index is 1740. The molecule has 1 saturated carbocycles. The highest BCUT2D eigenvalue weighted by molar-refractivity contribution is 8.00. The zero-order valence-corrected chi connectivity index (χ0v) is 30.5. The Balaban J connectivity index is 1.18. The number of hydrogen-bond acceptors (Lipinski definition) is 12. The fourth-order valence-electron chi connectivity index (χ4n) is 6.62. The van der Waals surface area contributed by atoms with Gasteiger partial charge in [-0.2, -0.15) is 10.1 Å². The van der Waals surface area contributed by atoms with Crippen molar-refractivity contribution in [1.82, 2.24) is 30.0 Å². The number of nitrogens with zero attached hydrogens (tertiary/aromatic N) is 5. The third-order valence-corrected chi connectivity index (χ3v) is 11.0. The molecule has 276 valence electrons. The summed E-state index contributed by atoms with van der Waals surface area (Å²) in [5, 5.41) is 19.7. The number of carboxylic acids is 1. The summed E-state index contributed by atoms with van der Waals surface area (Å²) in [6.07, 6.45) is 6.68. The lowest BCUT2D eigenvalue weighted by Gasteiger charge is -2.30. The van der Waals surface area contributed by atoms with Crippen LogP contribution in [0.1, 0.15) is 69.9 Å². The van der Waals surface area contributed by atoms with E-state index in [-0.39, 0.29) is 54.2 Å². The first-order valence-electron chi connectivity index (χ1n) is 17.5. The highest BCUT2D eigenvalue weighted by Gasteiger charge is 2.41. The van der Waals surface area contributed by atoms with Crippen molar-refractivity contribution in [3.63, 3.8) is 0 Å². The number of aromatic nitrogens is 4. The average molecular weight is 725 g/mol. The van der Waals surface area contributed by atoms with Crippen LogP contribution in [0.3, 0.4) is 0 Å². The number of methoxy groups -OCH3 is 2. The highest BCUT2D eigenvalue weighted by Crippen LogP contribution is 2.35. The molecule has 0 radical (unpaired) electrons. The average Bonchev–Trinajstić information content (AvgIpc) is 3.64. The maximum absolute atomic E-state index is 13.3. The fourth-order valence-corrected chi connectivity index (χ4v) is 7.81. The number of carbonyl (C=O) groups is 4. The zero-order chi connectivity index (χ0) is 36.7. The summed E-state index contributed by atoms with van der Waals surface area (Å²) in [5.41, 5.74) is 8.74. The highest BCUT2D eigenvalue weighted by atomic mass is 32.2. The molecule has 1 unspecified atom stereocenters. The minimum absolute atomic E-state index is 0.0530. The number of carboxylic acid groups (broad SMARTS) is 1. The van der Waals surface area contributed by atoms with Crippen molar-refractivity contribution in [2.45, 2.75) is 77.1 Å². The van der Waals surface area contributed by atoms with E-state index in [0.29, 0.717) is 54.3 Å². The van der Waals surface area contributed by atoms with Crippen molar-refractivity contribution in [3.8, 4) is 11.5 Å². The van der Waals surface area contributed by atoms with Gasteiger partial charge in [-0.1, -0.05) is 20.3 Å². The van der Waals surface area contributed by atoms with E-state index in [1.807, 2.05) is 12.1 Å². The summed E-state index contributed by atoms with van der Waals surface area (Å²) >= 11 is 1.24. The Labute approximate surface area is 301 Å². The number of thioether (sulfide) groups is 1. The van der Waals surface area contributed by atoms with Crippen LogP contribution in [0, 0.1) is 17.8 Å². The van der Waals surface area contributed by atoms with Gasteiger partial charge in [-0.3, -0.25) is 28.8 Å².